The van der Waals surface area contributed by atoms with Gasteiger partial charge in [0, 0.05) is 11.4 Å². The molecule has 90 valence electrons. The van der Waals surface area contributed by atoms with Crippen LogP contribution in [0.25, 0.3) is 4.83 Å². The second-order valence-electron chi connectivity index (χ2n) is 5.47. The van der Waals surface area contributed by atoms with Crippen molar-refractivity contribution < 1.29 is 4.79 Å². The second kappa shape index (κ2) is 3.57. The minimum atomic E-state index is 0.00903. The smallest absolute Gasteiger partial charge is 0.269 e. The molecule has 1 amide bonds. The number of carbonyl (C=O) groups is 1. The highest BCUT2D eigenvalue weighted by atomic mass is 32.1. The predicted octanol–water partition coefficient (Wildman–Crippen LogP) is 2.31. The molecule has 1 fully saturated rings. The molecule has 1 aliphatic rings. The molecule has 0 bridgehead atoms. The van der Waals surface area contributed by atoms with E-state index in [1.165, 1.54) is 0 Å². The van der Waals surface area contributed by atoms with Crippen LogP contribution in [-0.2, 0) is 0 Å². The summed E-state index contributed by atoms with van der Waals surface area (Å²) >= 11 is 1.54. The van der Waals surface area contributed by atoms with Gasteiger partial charge in [-0.1, -0.05) is 13.8 Å². The maximum Gasteiger partial charge on any atom is 0.269 e. The summed E-state index contributed by atoms with van der Waals surface area (Å²) in [6.45, 7) is 4.46. The van der Waals surface area contributed by atoms with E-state index in [0.717, 1.165) is 17.7 Å². The molecule has 0 radical (unpaired) electrons. The second-order valence-corrected chi connectivity index (χ2v) is 6.36. The summed E-state index contributed by atoms with van der Waals surface area (Å²) in [5.74, 6) is 0.00903. The Balaban J connectivity index is 1.73. The first-order valence-corrected chi connectivity index (χ1v) is 6.64. The summed E-state index contributed by atoms with van der Waals surface area (Å²) < 4.78 is 1.84. The predicted molar refractivity (Wildman–Crippen MR) is 67.3 cm³/mol. The van der Waals surface area contributed by atoms with Crippen LogP contribution < -0.4 is 5.32 Å². The third-order valence-electron chi connectivity index (χ3n) is 3.32. The molecule has 2 aromatic heterocycles. The average Bonchev–Trinajstić information content (AvgIpc) is 2.73. The van der Waals surface area contributed by atoms with Gasteiger partial charge >= 0.3 is 0 Å². The van der Waals surface area contributed by atoms with Crippen LogP contribution in [0.3, 0.4) is 0 Å². The topological polar surface area (TPSA) is 46.4 Å². The van der Waals surface area contributed by atoms with Gasteiger partial charge < -0.3 is 5.32 Å². The molecule has 3 rings (SSSR count). The number of thiazole rings is 1. The van der Waals surface area contributed by atoms with Crippen molar-refractivity contribution in [3.05, 3.63) is 23.6 Å². The van der Waals surface area contributed by atoms with Gasteiger partial charge in [-0.2, -0.15) is 0 Å². The van der Waals surface area contributed by atoms with Gasteiger partial charge in [0.1, 0.15) is 16.9 Å². The first-order valence-electron chi connectivity index (χ1n) is 5.76. The highest BCUT2D eigenvalue weighted by Crippen LogP contribution is 2.39. The summed E-state index contributed by atoms with van der Waals surface area (Å²) in [5.41, 5.74) is 1.07. The van der Waals surface area contributed by atoms with Crippen LogP contribution in [0.5, 0.6) is 0 Å². The fourth-order valence-corrected chi connectivity index (χ4v) is 3.36. The Labute approximate surface area is 104 Å². The van der Waals surface area contributed by atoms with Crippen LogP contribution >= 0.6 is 11.3 Å². The first kappa shape index (κ1) is 10.8. The van der Waals surface area contributed by atoms with E-state index in [1.54, 1.807) is 23.9 Å². The van der Waals surface area contributed by atoms with E-state index in [9.17, 15) is 4.79 Å². The normalized spacial score (nSPS) is 19.2. The van der Waals surface area contributed by atoms with Crippen molar-refractivity contribution in [1.29, 1.82) is 0 Å². The lowest BCUT2D eigenvalue weighted by Crippen LogP contribution is -2.48. The SMILES string of the molecule is CC1(C)CC(NC(=O)c2csc3cncn23)C1. The molecule has 0 aliphatic heterocycles. The summed E-state index contributed by atoms with van der Waals surface area (Å²) in [6.07, 6.45) is 5.59. The molecule has 0 atom stereocenters. The largest absolute Gasteiger partial charge is 0.348 e. The van der Waals surface area contributed by atoms with Gasteiger partial charge in [0.2, 0.25) is 0 Å². The Hall–Kier alpha value is -1.36. The van der Waals surface area contributed by atoms with E-state index in [1.807, 2.05) is 9.78 Å². The lowest BCUT2D eigenvalue weighted by atomic mass is 9.68. The molecule has 17 heavy (non-hydrogen) atoms. The zero-order valence-electron chi connectivity index (χ0n) is 9.93. The van der Waals surface area contributed by atoms with E-state index in [0.29, 0.717) is 17.2 Å². The van der Waals surface area contributed by atoms with Crippen LogP contribution in [0.15, 0.2) is 17.9 Å². The molecular weight excluding hydrogens is 234 g/mol. The number of fused-ring (bicyclic) bond motifs is 1. The standard InChI is InChI=1S/C12H15N3OS/c1-12(2)3-8(4-12)14-11(16)9-6-17-10-5-13-7-15(9)10/h5-8H,3-4H2,1-2H3,(H,14,16). The van der Waals surface area contributed by atoms with E-state index >= 15 is 0 Å². The minimum Gasteiger partial charge on any atom is -0.348 e. The Morgan fingerprint density at radius 2 is 2.35 bits per heavy atom. The van der Waals surface area contributed by atoms with Crippen molar-refractivity contribution >= 4 is 22.1 Å². The summed E-state index contributed by atoms with van der Waals surface area (Å²) in [6, 6.07) is 0.330. The number of aromatic nitrogens is 2. The number of nitrogens with one attached hydrogen (secondary N) is 1. The molecule has 0 saturated heterocycles. The Kier molecular flexibility index (Phi) is 2.26. The average molecular weight is 249 g/mol. The van der Waals surface area contributed by atoms with E-state index in [4.69, 9.17) is 0 Å². The van der Waals surface area contributed by atoms with Crippen molar-refractivity contribution in [1.82, 2.24) is 14.7 Å². The molecule has 1 N–H and O–H groups in total. The zero-order valence-corrected chi connectivity index (χ0v) is 10.8. The number of imidazole rings is 1. The Morgan fingerprint density at radius 1 is 1.59 bits per heavy atom. The lowest BCUT2D eigenvalue weighted by molar-refractivity contribution is 0.0797. The van der Waals surface area contributed by atoms with Crippen LogP contribution in [0.2, 0.25) is 0 Å². The van der Waals surface area contributed by atoms with Gasteiger partial charge in [-0.15, -0.1) is 11.3 Å². The molecular formula is C12H15N3OS. The first-order chi connectivity index (χ1) is 8.05. The van der Waals surface area contributed by atoms with Crippen molar-refractivity contribution in [2.75, 3.05) is 0 Å². The van der Waals surface area contributed by atoms with Crippen LogP contribution in [0.4, 0.5) is 0 Å². The molecule has 0 aromatic carbocycles. The summed E-state index contributed by atoms with van der Waals surface area (Å²) in [7, 11) is 0. The van der Waals surface area contributed by atoms with E-state index < -0.39 is 0 Å². The molecule has 2 heterocycles. The van der Waals surface area contributed by atoms with Crippen molar-refractivity contribution in [3.63, 3.8) is 0 Å². The summed E-state index contributed by atoms with van der Waals surface area (Å²) in [5, 5.41) is 4.96. The monoisotopic (exact) mass is 249 g/mol. The molecule has 0 spiro atoms. The molecule has 5 heteroatoms. The van der Waals surface area contributed by atoms with E-state index in [2.05, 4.69) is 24.1 Å². The van der Waals surface area contributed by atoms with Gasteiger partial charge in [-0.25, -0.2) is 4.98 Å². The highest BCUT2D eigenvalue weighted by Gasteiger charge is 2.37. The number of rotatable bonds is 2. The van der Waals surface area contributed by atoms with Crippen LogP contribution in [0, 0.1) is 5.41 Å². The Bertz CT molecular complexity index is 561. The third-order valence-corrected chi connectivity index (χ3v) is 4.21. The van der Waals surface area contributed by atoms with Crippen molar-refractivity contribution in [2.45, 2.75) is 32.7 Å². The molecule has 0 unspecified atom stereocenters. The maximum absolute atomic E-state index is 12.1. The maximum atomic E-state index is 12.1. The number of carbonyl (C=O) groups excluding carboxylic acids is 1. The summed E-state index contributed by atoms with van der Waals surface area (Å²) in [4.78, 5) is 17.1. The third kappa shape index (κ3) is 1.84. The van der Waals surface area contributed by atoms with Gasteiger partial charge in [0.05, 0.1) is 6.20 Å². The molecule has 1 aliphatic carbocycles. The van der Waals surface area contributed by atoms with Gasteiger partial charge in [-0.05, 0) is 18.3 Å². The van der Waals surface area contributed by atoms with Gasteiger partial charge in [-0.3, -0.25) is 9.20 Å². The lowest BCUT2D eigenvalue weighted by Gasteiger charge is -2.42. The number of nitrogens with zero attached hydrogens (tertiary/aromatic N) is 2. The van der Waals surface area contributed by atoms with Crippen molar-refractivity contribution in [2.24, 2.45) is 5.41 Å². The van der Waals surface area contributed by atoms with Gasteiger partial charge in [0.15, 0.2) is 0 Å². The minimum absolute atomic E-state index is 0.00903. The quantitative estimate of drug-likeness (QED) is 0.887. The molecule has 1 saturated carbocycles. The molecule has 4 nitrogen and oxygen atoms in total. The number of amides is 1. The van der Waals surface area contributed by atoms with Crippen molar-refractivity contribution in [3.8, 4) is 0 Å². The number of hydrogen-bond acceptors (Lipinski definition) is 3. The molecule has 2 aromatic rings. The highest BCUT2D eigenvalue weighted by molar-refractivity contribution is 7.15. The van der Waals surface area contributed by atoms with E-state index in [-0.39, 0.29) is 5.91 Å². The van der Waals surface area contributed by atoms with Gasteiger partial charge in [0.25, 0.3) is 5.91 Å². The van der Waals surface area contributed by atoms with Crippen LogP contribution in [0.1, 0.15) is 37.2 Å². The number of hydrogen-bond donors (Lipinski definition) is 1. The fraction of sp³-hybridized carbons (Fsp3) is 0.500. The fourth-order valence-electron chi connectivity index (χ4n) is 2.52. The Morgan fingerprint density at radius 3 is 3.06 bits per heavy atom. The van der Waals surface area contributed by atoms with Crippen LogP contribution in [-0.4, -0.2) is 21.3 Å². The zero-order chi connectivity index (χ0) is 12.0.